The molecule has 0 aliphatic carbocycles. The lowest BCUT2D eigenvalue weighted by Crippen LogP contribution is -2.33. The summed E-state index contributed by atoms with van der Waals surface area (Å²) in [6.07, 6.45) is -4.81. The Balaban J connectivity index is 1.51. The quantitative estimate of drug-likeness (QED) is 0.443. The highest BCUT2D eigenvalue weighted by Crippen LogP contribution is 2.36. The zero-order valence-electron chi connectivity index (χ0n) is 20.7. The second kappa shape index (κ2) is 10.2. The lowest BCUT2D eigenvalue weighted by Gasteiger charge is -2.24. The highest BCUT2D eigenvalue weighted by atomic mass is 35.5. The van der Waals surface area contributed by atoms with Crippen molar-refractivity contribution in [1.29, 1.82) is 0 Å². The third-order valence-corrected chi connectivity index (χ3v) is 8.71. The van der Waals surface area contributed by atoms with E-state index in [1.54, 1.807) is 25.7 Å². The van der Waals surface area contributed by atoms with Crippen molar-refractivity contribution in [2.24, 2.45) is 0 Å². The van der Waals surface area contributed by atoms with Gasteiger partial charge in [-0.05, 0) is 50.9 Å². The zero-order valence-corrected chi connectivity index (χ0v) is 23.0. The van der Waals surface area contributed by atoms with E-state index in [0.29, 0.717) is 23.6 Å². The van der Waals surface area contributed by atoms with E-state index in [0.717, 1.165) is 18.2 Å². The van der Waals surface area contributed by atoms with Gasteiger partial charge in [-0.1, -0.05) is 11.6 Å². The van der Waals surface area contributed by atoms with Crippen LogP contribution in [0.5, 0.6) is 5.75 Å². The van der Waals surface area contributed by atoms with E-state index in [1.165, 1.54) is 4.90 Å². The largest absolute Gasteiger partial charge is 0.484 e. The second-order valence-corrected chi connectivity index (χ2v) is 12.9. The minimum absolute atomic E-state index is 0.0337. The summed E-state index contributed by atoms with van der Waals surface area (Å²) in [7, 11) is -3.95. The molecule has 208 valence electrons. The number of anilines is 1. The number of benzene rings is 1. The van der Waals surface area contributed by atoms with Gasteiger partial charge in [0.05, 0.1) is 34.0 Å². The minimum atomic E-state index is -4.54. The van der Waals surface area contributed by atoms with Gasteiger partial charge >= 0.3 is 12.3 Å². The molecule has 0 spiro atoms. The zero-order chi connectivity index (χ0) is 28.0. The summed E-state index contributed by atoms with van der Waals surface area (Å²) >= 11 is 12.3. The van der Waals surface area contributed by atoms with Crippen LogP contribution in [0.4, 0.5) is 23.8 Å². The molecule has 38 heavy (non-hydrogen) atoms. The maximum atomic E-state index is 13.4. The number of aromatic nitrogens is 2. The van der Waals surface area contributed by atoms with Gasteiger partial charge in [0.25, 0.3) is 0 Å². The summed E-state index contributed by atoms with van der Waals surface area (Å²) in [5.41, 5.74) is 0.524. The fourth-order valence-electron chi connectivity index (χ4n) is 4.25. The van der Waals surface area contributed by atoms with Crippen LogP contribution in [0.3, 0.4) is 0 Å². The molecule has 9 nitrogen and oxygen atoms in total. The fraction of sp³-hybridized carbons (Fsp3) is 0.522. The van der Waals surface area contributed by atoms with Gasteiger partial charge in [-0.15, -0.1) is 0 Å². The van der Waals surface area contributed by atoms with Gasteiger partial charge in [-0.25, -0.2) is 23.2 Å². The number of hydrogen-bond acceptors (Lipinski definition) is 8. The smallest absolute Gasteiger partial charge is 0.422 e. The van der Waals surface area contributed by atoms with Crippen LogP contribution in [-0.4, -0.2) is 66.1 Å². The molecule has 0 bridgehead atoms. The van der Waals surface area contributed by atoms with Crippen molar-refractivity contribution in [2.75, 3.05) is 24.6 Å². The van der Waals surface area contributed by atoms with E-state index in [2.05, 4.69) is 14.7 Å². The predicted molar refractivity (Wildman–Crippen MR) is 133 cm³/mol. The number of rotatable bonds is 5. The van der Waals surface area contributed by atoms with Gasteiger partial charge in [-0.3, -0.25) is 4.90 Å². The number of carbonyl (C=O) groups excluding carboxylic acids is 1. The molecule has 1 amide bonds. The summed E-state index contributed by atoms with van der Waals surface area (Å²) in [5.74, 6) is 0.241. The molecule has 1 aromatic heterocycles. The first-order valence-electron chi connectivity index (χ1n) is 11.5. The Labute approximate surface area is 227 Å². The predicted octanol–water partition coefficient (Wildman–Crippen LogP) is 5.03. The topological polar surface area (TPSA) is 102 Å². The molecule has 2 aliphatic heterocycles. The Bertz CT molecular complexity index is 1350. The van der Waals surface area contributed by atoms with Crippen LogP contribution in [0.2, 0.25) is 10.3 Å². The van der Waals surface area contributed by atoms with E-state index in [-0.39, 0.29) is 47.0 Å². The molecule has 0 saturated carbocycles. The average molecular weight is 597 g/mol. The van der Waals surface area contributed by atoms with Crippen molar-refractivity contribution in [1.82, 2.24) is 14.9 Å². The lowest BCUT2D eigenvalue weighted by atomic mass is 10.2. The summed E-state index contributed by atoms with van der Waals surface area (Å²) < 4.78 is 74.1. The lowest BCUT2D eigenvalue weighted by molar-refractivity contribution is -0.153. The normalized spacial score (nSPS) is 18.1. The molecule has 2 aromatic rings. The Morgan fingerprint density at radius 1 is 1.16 bits per heavy atom. The maximum absolute atomic E-state index is 13.4. The number of fused-ring (bicyclic) bond motifs is 1. The first kappa shape index (κ1) is 28.5. The highest BCUT2D eigenvalue weighted by molar-refractivity contribution is 7.92. The molecule has 1 saturated heterocycles. The second-order valence-electron chi connectivity index (χ2n) is 9.98. The molecule has 2 aliphatic rings. The van der Waals surface area contributed by atoms with Crippen molar-refractivity contribution < 1.29 is 35.9 Å². The molecule has 0 unspecified atom stereocenters. The van der Waals surface area contributed by atoms with E-state index < -0.39 is 39.6 Å². The van der Waals surface area contributed by atoms with Crippen molar-refractivity contribution in [3.05, 3.63) is 39.8 Å². The molecular weight excluding hydrogens is 572 g/mol. The maximum Gasteiger partial charge on any atom is 0.422 e. The standard InChI is InChI=1S/C23H25Cl2F3N4O5S/c1-22(2,3)37-21(33)32-10-15-17(11-32)29-20(25)30-19(15)31-7-6-14(9-31)38(34,35)18-5-4-13(8-16(18)24)36-12-23(26,27)28/h4-5,8,14H,6-7,9-12H2,1-3H3/t14-/m0/s1. The number of ether oxygens (including phenoxy) is 2. The number of amides is 1. The summed E-state index contributed by atoms with van der Waals surface area (Å²) in [6, 6.07) is 3.33. The molecule has 1 aromatic carbocycles. The van der Waals surface area contributed by atoms with Gasteiger partial charge in [0.1, 0.15) is 17.2 Å². The summed E-state index contributed by atoms with van der Waals surface area (Å²) in [6.45, 7) is 4.51. The molecule has 1 atom stereocenters. The van der Waals surface area contributed by atoms with Crippen LogP contribution in [-0.2, 0) is 27.7 Å². The van der Waals surface area contributed by atoms with Gasteiger partial charge in [0.2, 0.25) is 5.28 Å². The Morgan fingerprint density at radius 2 is 1.87 bits per heavy atom. The van der Waals surface area contributed by atoms with E-state index >= 15 is 0 Å². The van der Waals surface area contributed by atoms with Crippen molar-refractivity contribution in [3.8, 4) is 5.75 Å². The molecular formula is C23H25Cl2F3N4O5S. The van der Waals surface area contributed by atoms with Crippen LogP contribution in [0, 0.1) is 0 Å². The SMILES string of the molecule is CC(C)(C)OC(=O)N1Cc2nc(Cl)nc(N3CC[C@H](S(=O)(=O)c4ccc(OCC(F)(F)F)cc4Cl)C3)c2C1. The molecule has 15 heteroatoms. The van der Waals surface area contributed by atoms with E-state index in [9.17, 15) is 26.4 Å². The van der Waals surface area contributed by atoms with Crippen molar-refractivity contribution in [3.63, 3.8) is 0 Å². The van der Waals surface area contributed by atoms with Gasteiger partial charge in [-0.2, -0.15) is 13.2 Å². The van der Waals surface area contributed by atoms with Crippen LogP contribution in [0.25, 0.3) is 0 Å². The number of sulfone groups is 1. The number of hydrogen-bond donors (Lipinski definition) is 0. The molecule has 0 radical (unpaired) electrons. The average Bonchev–Trinajstić information content (AvgIpc) is 3.43. The molecule has 3 heterocycles. The monoisotopic (exact) mass is 596 g/mol. The van der Waals surface area contributed by atoms with E-state index in [1.807, 2.05) is 0 Å². The van der Waals surface area contributed by atoms with Crippen LogP contribution in [0.1, 0.15) is 38.4 Å². The van der Waals surface area contributed by atoms with Gasteiger partial charge in [0, 0.05) is 24.7 Å². The highest BCUT2D eigenvalue weighted by Gasteiger charge is 2.39. The van der Waals surface area contributed by atoms with Gasteiger partial charge in [0.15, 0.2) is 16.4 Å². The molecule has 0 N–H and O–H groups in total. The van der Waals surface area contributed by atoms with Crippen molar-refractivity contribution in [2.45, 2.75) is 62.2 Å². The third-order valence-electron chi connectivity index (χ3n) is 5.88. The Kier molecular flexibility index (Phi) is 7.67. The summed E-state index contributed by atoms with van der Waals surface area (Å²) in [5, 5.41) is -1.13. The summed E-state index contributed by atoms with van der Waals surface area (Å²) in [4.78, 5) is 24.2. The number of carbonyl (C=O) groups is 1. The number of nitrogens with zero attached hydrogens (tertiary/aromatic N) is 4. The number of halogens is 5. The molecule has 4 rings (SSSR count). The first-order valence-corrected chi connectivity index (χ1v) is 13.8. The van der Waals surface area contributed by atoms with Crippen LogP contribution < -0.4 is 9.64 Å². The van der Waals surface area contributed by atoms with Crippen LogP contribution >= 0.6 is 23.2 Å². The fourth-order valence-corrected chi connectivity index (χ4v) is 6.66. The Morgan fingerprint density at radius 3 is 2.50 bits per heavy atom. The Hall–Kier alpha value is -2.51. The number of alkyl halides is 3. The first-order chi connectivity index (χ1) is 17.5. The van der Waals surface area contributed by atoms with Gasteiger partial charge < -0.3 is 14.4 Å². The molecule has 1 fully saturated rings. The minimum Gasteiger partial charge on any atom is -0.484 e. The van der Waals surface area contributed by atoms with Crippen molar-refractivity contribution >= 4 is 45.0 Å². The third kappa shape index (κ3) is 6.37. The van der Waals surface area contributed by atoms with E-state index in [4.69, 9.17) is 27.9 Å². The van der Waals surface area contributed by atoms with Crippen LogP contribution in [0.15, 0.2) is 23.1 Å².